The lowest BCUT2D eigenvalue weighted by Gasteiger charge is -2.05. The van der Waals surface area contributed by atoms with Gasteiger partial charge in [0.1, 0.15) is 4.21 Å². The maximum absolute atomic E-state index is 11.9. The van der Waals surface area contributed by atoms with Crippen LogP contribution < -0.4 is 4.72 Å². The maximum Gasteiger partial charge on any atom is 0.300 e. The summed E-state index contributed by atoms with van der Waals surface area (Å²) in [5, 5.41) is 10.6. The van der Waals surface area contributed by atoms with Gasteiger partial charge in [0.2, 0.25) is 10.0 Å². The summed E-state index contributed by atoms with van der Waals surface area (Å²) in [4.78, 5) is 9.94. The van der Waals surface area contributed by atoms with Crippen LogP contribution in [0.4, 0.5) is 5.69 Å². The molecule has 1 N–H and O–H groups in total. The van der Waals surface area contributed by atoms with Gasteiger partial charge in [-0.3, -0.25) is 10.1 Å². The van der Waals surface area contributed by atoms with Crippen molar-refractivity contribution >= 4 is 38.6 Å². The van der Waals surface area contributed by atoms with Crippen molar-refractivity contribution in [2.24, 2.45) is 5.92 Å². The Morgan fingerprint density at radius 2 is 2.10 bits per heavy atom. The number of hydrogen-bond donors (Lipinski definition) is 1. The monoisotopic (exact) mass is 340 g/mol. The molecule has 1 heterocycles. The number of sulfonamides is 1. The van der Waals surface area contributed by atoms with Crippen LogP contribution in [0.15, 0.2) is 10.3 Å². The third-order valence-electron chi connectivity index (χ3n) is 2.61. The lowest BCUT2D eigenvalue weighted by Crippen LogP contribution is -2.24. The van der Waals surface area contributed by atoms with E-state index in [-0.39, 0.29) is 14.2 Å². The minimum atomic E-state index is -3.72. The van der Waals surface area contributed by atoms with Gasteiger partial charge in [-0.05, 0) is 12.3 Å². The number of hydrogen-bond acceptors (Lipinski definition) is 5. The van der Waals surface area contributed by atoms with E-state index in [1.54, 1.807) is 0 Å². The van der Waals surface area contributed by atoms with Crippen molar-refractivity contribution in [3.63, 3.8) is 0 Å². The lowest BCUT2D eigenvalue weighted by molar-refractivity contribution is -0.384. The summed E-state index contributed by atoms with van der Waals surface area (Å²) in [6.07, 6.45) is 2.71. The molecule has 0 spiro atoms. The van der Waals surface area contributed by atoms with Crippen LogP contribution in [0.1, 0.15) is 33.1 Å². The van der Waals surface area contributed by atoms with E-state index in [2.05, 4.69) is 18.6 Å². The zero-order valence-electron chi connectivity index (χ0n) is 11.3. The SMILES string of the molecule is CC(C)CCCCNS(=O)(=O)c1cc([N+](=O)[O-])c(Cl)s1. The molecule has 1 aromatic heterocycles. The number of unbranched alkanes of at least 4 members (excludes halogenated alkanes) is 1. The molecule has 0 bridgehead atoms. The van der Waals surface area contributed by atoms with Gasteiger partial charge in [0.15, 0.2) is 4.34 Å². The van der Waals surface area contributed by atoms with Crippen LogP contribution in [0.5, 0.6) is 0 Å². The van der Waals surface area contributed by atoms with E-state index in [0.29, 0.717) is 23.8 Å². The van der Waals surface area contributed by atoms with E-state index in [1.807, 2.05) is 0 Å². The Morgan fingerprint density at radius 3 is 2.60 bits per heavy atom. The van der Waals surface area contributed by atoms with Crippen LogP contribution in [0.25, 0.3) is 0 Å². The second-order valence-electron chi connectivity index (χ2n) is 4.77. The van der Waals surface area contributed by atoms with E-state index in [0.717, 1.165) is 25.3 Å². The molecule has 0 aliphatic carbocycles. The van der Waals surface area contributed by atoms with Crippen LogP contribution in [0.2, 0.25) is 4.34 Å². The summed E-state index contributed by atoms with van der Waals surface area (Å²) in [5.41, 5.74) is -0.378. The van der Waals surface area contributed by atoms with Crippen molar-refractivity contribution in [1.82, 2.24) is 4.72 Å². The highest BCUT2D eigenvalue weighted by Crippen LogP contribution is 2.36. The number of thiophene rings is 1. The van der Waals surface area contributed by atoms with Crippen LogP contribution in [0.3, 0.4) is 0 Å². The van der Waals surface area contributed by atoms with Crippen LogP contribution in [-0.4, -0.2) is 19.9 Å². The minimum absolute atomic E-state index is 0.127. The average molecular weight is 341 g/mol. The molecule has 1 rings (SSSR count). The fourth-order valence-corrected chi connectivity index (χ4v) is 4.33. The molecule has 20 heavy (non-hydrogen) atoms. The van der Waals surface area contributed by atoms with Crippen molar-refractivity contribution in [3.8, 4) is 0 Å². The normalized spacial score (nSPS) is 12.0. The number of nitrogens with zero attached hydrogens (tertiary/aromatic N) is 1. The predicted octanol–water partition coefficient (Wildman–Crippen LogP) is 3.41. The van der Waals surface area contributed by atoms with Crippen molar-refractivity contribution in [1.29, 1.82) is 0 Å². The highest BCUT2D eigenvalue weighted by atomic mass is 35.5. The maximum atomic E-state index is 11.9. The minimum Gasteiger partial charge on any atom is -0.258 e. The second kappa shape index (κ2) is 7.35. The van der Waals surface area contributed by atoms with Crippen LogP contribution in [0, 0.1) is 16.0 Å². The smallest absolute Gasteiger partial charge is 0.258 e. The summed E-state index contributed by atoms with van der Waals surface area (Å²) >= 11 is 6.34. The van der Waals surface area contributed by atoms with Gasteiger partial charge < -0.3 is 0 Å². The molecule has 0 aliphatic heterocycles. The Kier molecular flexibility index (Phi) is 6.38. The Bertz CT molecular complexity index is 569. The van der Waals surface area contributed by atoms with E-state index >= 15 is 0 Å². The molecule has 1 aromatic rings. The molecule has 0 saturated carbocycles. The molecule has 0 aliphatic rings. The number of nitrogens with one attached hydrogen (secondary N) is 1. The molecule has 6 nitrogen and oxygen atoms in total. The third-order valence-corrected chi connectivity index (χ3v) is 5.88. The number of nitro groups is 1. The highest BCUT2D eigenvalue weighted by Gasteiger charge is 2.24. The fourth-order valence-electron chi connectivity index (χ4n) is 1.55. The predicted molar refractivity (Wildman–Crippen MR) is 79.9 cm³/mol. The molecular formula is C11H17ClN2O4S2. The second-order valence-corrected chi connectivity index (χ2v) is 8.42. The Morgan fingerprint density at radius 1 is 1.45 bits per heavy atom. The van der Waals surface area contributed by atoms with E-state index in [9.17, 15) is 18.5 Å². The highest BCUT2D eigenvalue weighted by molar-refractivity contribution is 7.91. The van der Waals surface area contributed by atoms with E-state index in [1.165, 1.54) is 0 Å². The zero-order valence-corrected chi connectivity index (χ0v) is 13.6. The van der Waals surface area contributed by atoms with Crippen LogP contribution in [-0.2, 0) is 10.0 Å². The van der Waals surface area contributed by atoms with Gasteiger partial charge in [0.05, 0.1) is 4.92 Å². The molecule has 0 radical (unpaired) electrons. The Hall–Kier alpha value is -0.700. The molecule has 0 saturated heterocycles. The van der Waals surface area contributed by atoms with Crippen molar-refractivity contribution in [3.05, 3.63) is 20.5 Å². The quantitative estimate of drug-likeness (QED) is 0.446. The molecule has 0 aromatic carbocycles. The van der Waals surface area contributed by atoms with Gasteiger partial charge in [-0.15, -0.1) is 11.3 Å². The molecule has 0 amide bonds. The van der Waals surface area contributed by atoms with E-state index in [4.69, 9.17) is 11.6 Å². The first kappa shape index (κ1) is 17.4. The summed E-state index contributed by atoms with van der Waals surface area (Å²) in [6.45, 7) is 4.53. The van der Waals surface area contributed by atoms with Gasteiger partial charge >= 0.3 is 0 Å². The average Bonchev–Trinajstić information content (AvgIpc) is 2.71. The molecule has 0 atom stereocenters. The Balaban J connectivity index is 2.61. The van der Waals surface area contributed by atoms with Gasteiger partial charge in [-0.1, -0.05) is 38.3 Å². The number of halogens is 1. The third kappa shape index (κ3) is 5.01. The first-order valence-corrected chi connectivity index (χ1v) is 8.85. The molecule has 9 heteroatoms. The summed E-state index contributed by atoms with van der Waals surface area (Å²) in [5.74, 6) is 0.588. The Labute approximate surface area is 127 Å². The summed E-state index contributed by atoms with van der Waals surface area (Å²) in [6, 6.07) is 0.990. The van der Waals surface area contributed by atoms with E-state index < -0.39 is 14.9 Å². The molecule has 114 valence electrons. The number of rotatable bonds is 8. The van der Waals surface area contributed by atoms with Gasteiger partial charge in [-0.2, -0.15) is 0 Å². The fraction of sp³-hybridized carbons (Fsp3) is 0.636. The summed E-state index contributed by atoms with van der Waals surface area (Å²) in [7, 11) is -3.72. The topological polar surface area (TPSA) is 89.3 Å². The standard InChI is InChI=1S/C11H17ClN2O4S2/c1-8(2)5-3-4-6-13-20(17,18)10-7-9(14(15)16)11(12)19-10/h7-8,13H,3-6H2,1-2H3. The zero-order chi connectivity index (χ0) is 15.3. The molecular weight excluding hydrogens is 324 g/mol. The first-order valence-electron chi connectivity index (χ1n) is 6.17. The van der Waals surface area contributed by atoms with Gasteiger partial charge in [0, 0.05) is 12.6 Å². The summed E-state index contributed by atoms with van der Waals surface area (Å²) < 4.78 is 26.0. The largest absolute Gasteiger partial charge is 0.300 e. The van der Waals surface area contributed by atoms with Gasteiger partial charge in [0.25, 0.3) is 5.69 Å². The molecule has 0 fully saturated rings. The van der Waals surface area contributed by atoms with Crippen molar-refractivity contribution in [2.75, 3.05) is 6.54 Å². The van der Waals surface area contributed by atoms with Crippen molar-refractivity contribution in [2.45, 2.75) is 37.3 Å². The lowest BCUT2D eigenvalue weighted by atomic mass is 10.1. The first-order chi connectivity index (χ1) is 9.24. The van der Waals surface area contributed by atoms with Crippen LogP contribution >= 0.6 is 22.9 Å². The van der Waals surface area contributed by atoms with Gasteiger partial charge in [-0.25, -0.2) is 13.1 Å². The molecule has 0 unspecified atom stereocenters. The van der Waals surface area contributed by atoms with Crippen molar-refractivity contribution < 1.29 is 13.3 Å².